The molecule has 1 aromatic heterocycles. The summed E-state index contributed by atoms with van der Waals surface area (Å²) in [4.78, 5) is 15.4. The van der Waals surface area contributed by atoms with Crippen LogP contribution >= 0.6 is 39.0 Å². The summed E-state index contributed by atoms with van der Waals surface area (Å²) in [6, 6.07) is 5.98. The maximum absolute atomic E-state index is 12.8. The molecule has 2 aromatic rings. The molecule has 1 aliphatic heterocycles. The van der Waals surface area contributed by atoms with Gasteiger partial charge in [-0.1, -0.05) is 22.9 Å². The van der Waals surface area contributed by atoms with Gasteiger partial charge in [0.1, 0.15) is 4.88 Å². The van der Waals surface area contributed by atoms with E-state index >= 15 is 0 Å². The lowest BCUT2D eigenvalue weighted by molar-refractivity contribution is 0.0767. The van der Waals surface area contributed by atoms with Crippen molar-refractivity contribution in [3.05, 3.63) is 27.5 Å². The summed E-state index contributed by atoms with van der Waals surface area (Å²) in [5.74, 6) is 1.10. The summed E-state index contributed by atoms with van der Waals surface area (Å²) in [7, 11) is 0. The van der Waals surface area contributed by atoms with Crippen molar-refractivity contribution < 1.29 is 4.79 Å². The standard InChI is InChI=1S/C15H17BrN2OS2/c1-2-10-8-18(5-6-20-10)15(19)14-13(17)11-7-9(16)3-4-12(11)21-14/h3-4,7,10H,2,5-6,8,17H2,1H3. The molecule has 1 fully saturated rings. The van der Waals surface area contributed by atoms with Crippen LogP contribution in [0.15, 0.2) is 22.7 Å². The lowest BCUT2D eigenvalue weighted by Crippen LogP contribution is -2.41. The lowest BCUT2D eigenvalue weighted by Gasteiger charge is -2.31. The van der Waals surface area contributed by atoms with E-state index in [1.807, 2.05) is 34.9 Å². The highest BCUT2D eigenvalue weighted by Crippen LogP contribution is 2.36. The average Bonchev–Trinajstić information content (AvgIpc) is 2.83. The van der Waals surface area contributed by atoms with Gasteiger partial charge in [-0.05, 0) is 24.6 Å². The normalized spacial score (nSPS) is 19.1. The molecular weight excluding hydrogens is 368 g/mol. The number of thioether (sulfide) groups is 1. The summed E-state index contributed by atoms with van der Waals surface area (Å²) < 4.78 is 2.05. The third-order valence-electron chi connectivity index (χ3n) is 3.76. The van der Waals surface area contributed by atoms with E-state index in [-0.39, 0.29) is 5.91 Å². The van der Waals surface area contributed by atoms with Crippen LogP contribution in [0.4, 0.5) is 5.69 Å². The summed E-state index contributed by atoms with van der Waals surface area (Å²) in [5.41, 5.74) is 6.84. The maximum atomic E-state index is 12.8. The van der Waals surface area contributed by atoms with Crippen LogP contribution in [0, 0.1) is 0 Å². The molecule has 0 radical (unpaired) electrons. The summed E-state index contributed by atoms with van der Waals surface area (Å²) >= 11 is 6.92. The third kappa shape index (κ3) is 2.94. The molecule has 6 heteroatoms. The summed E-state index contributed by atoms with van der Waals surface area (Å²) in [6.07, 6.45) is 1.10. The predicted octanol–water partition coefficient (Wildman–Crippen LogP) is 4.21. The Morgan fingerprint density at radius 2 is 2.33 bits per heavy atom. The number of thiophene rings is 1. The highest BCUT2D eigenvalue weighted by Gasteiger charge is 2.27. The molecule has 1 aromatic carbocycles. The van der Waals surface area contributed by atoms with Gasteiger partial charge in [0.25, 0.3) is 5.91 Å². The van der Waals surface area contributed by atoms with Gasteiger partial charge in [-0.2, -0.15) is 11.8 Å². The molecule has 0 aliphatic carbocycles. The second-order valence-corrected chi connectivity index (χ2v) is 8.51. The fraction of sp³-hybridized carbons (Fsp3) is 0.400. The average molecular weight is 385 g/mol. The number of hydrogen-bond acceptors (Lipinski definition) is 4. The molecular formula is C15H17BrN2OS2. The molecule has 21 heavy (non-hydrogen) atoms. The van der Waals surface area contributed by atoms with Crippen LogP contribution in [0.3, 0.4) is 0 Å². The van der Waals surface area contributed by atoms with Crippen LogP contribution in [0.25, 0.3) is 10.1 Å². The largest absolute Gasteiger partial charge is 0.397 e. The number of nitrogen functional groups attached to an aromatic ring is 1. The zero-order chi connectivity index (χ0) is 15.0. The van der Waals surface area contributed by atoms with Crippen LogP contribution in [0.2, 0.25) is 0 Å². The minimum absolute atomic E-state index is 0.0866. The van der Waals surface area contributed by atoms with Crippen molar-refractivity contribution in [2.24, 2.45) is 0 Å². The molecule has 1 unspecified atom stereocenters. The van der Waals surface area contributed by atoms with Gasteiger partial charge in [0.05, 0.1) is 5.69 Å². The second kappa shape index (κ2) is 6.18. The van der Waals surface area contributed by atoms with Crippen molar-refractivity contribution in [3.8, 4) is 0 Å². The zero-order valence-electron chi connectivity index (χ0n) is 11.8. The number of benzene rings is 1. The zero-order valence-corrected chi connectivity index (χ0v) is 15.0. The highest BCUT2D eigenvalue weighted by atomic mass is 79.9. The van der Waals surface area contributed by atoms with Crippen molar-refractivity contribution in [1.82, 2.24) is 4.90 Å². The van der Waals surface area contributed by atoms with E-state index in [1.54, 1.807) is 0 Å². The summed E-state index contributed by atoms with van der Waals surface area (Å²) in [5, 5.41) is 1.52. The topological polar surface area (TPSA) is 46.3 Å². The minimum atomic E-state index is 0.0866. The van der Waals surface area contributed by atoms with Crippen LogP contribution < -0.4 is 5.73 Å². The first-order valence-electron chi connectivity index (χ1n) is 6.98. The quantitative estimate of drug-likeness (QED) is 0.842. The van der Waals surface area contributed by atoms with Gasteiger partial charge in [0, 0.05) is 38.7 Å². The molecule has 2 N–H and O–H groups in total. The number of nitrogens with zero attached hydrogens (tertiary/aromatic N) is 1. The molecule has 1 atom stereocenters. The Kier molecular flexibility index (Phi) is 4.47. The first-order chi connectivity index (χ1) is 10.1. The number of fused-ring (bicyclic) bond motifs is 1. The Balaban J connectivity index is 1.92. The van der Waals surface area contributed by atoms with E-state index in [2.05, 4.69) is 22.9 Å². The number of hydrogen-bond donors (Lipinski definition) is 1. The first kappa shape index (κ1) is 15.2. The van der Waals surface area contributed by atoms with E-state index < -0.39 is 0 Å². The Hall–Kier alpha value is -0.720. The van der Waals surface area contributed by atoms with Gasteiger partial charge in [0.15, 0.2) is 0 Å². The molecule has 3 nitrogen and oxygen atoms in total. The Morgan fingerprint density at radius 3 is 3.10 bits per heavy atom. The van der Waals surface area contributed by atoms with Crippen LogP contribution in [-0.4, -0.2) is 34.9 Å². The van der Waals surface area contributed by atoms with Gasteiger partial charge >= 0.3 is 0 Å². The smallest absolute Gasteiger partial charge is 0.266 e. The molecule has 0 saturated carbocycles. The van der Waals surface area contributed by atoms with E-state index in [1.165, 1.54) is 11.3 Å². The number of halogens is 1. The Morgan fingerprint density at radius 1 is 1.52 bits per heavy atom. The van der Waals surface area contributed by atoms with E-state index in [9.17, 15) is 4.79 Å². The van der Waals surface area contributed by atoms with Crippen molar-refractivity contribution in [3.63, 3.8) is 0 Å². The molecule has 0 bridgehead atoms. The SMILES string of the molecule is CCC1CN(C(=O)c2sc3ccc(Br)cc3c2N)CCS1. The number of anilines is 1. The van der Waals surface area contributed by atoms with Crippen molar-refractivity contribution >= 4 is 60.7 Å². The third-order valence-corrected chi connectivity index (χ3v) is 6.80. The maximum Gasteiger partial charge on any atom is 0.266 e. The van der Waals surface area contributed by atoms with Crippen molar-refractivity contribution in [2.45, 2.75) is 18.6 Å². The van der Waals surface area contributed by atoms with Crippen LogP contribution in [-0.2, 0) is 0 Å². The second-order valence-electron chi connectivity index (χ2n) is 5.14. The van der Waals surface area contributed by atoms with Crippen LogP contribution in [0.1, 0.15) is 23.0 Å². The predicted molar refractivity (Wildman–Crippen MR) is 96.4 cm³/mol. The molecule has 0 spiro atoms. The molecule has 112 valence electrons. The number of rotatable bonds is 2. The first-order valence-corrected chi connectivity index (χ1v) is 9.64. The lowest BCUT2D eigenvalue weighted by atomic mass is 10.2. The molecule has 1 saturated heterocycles. The number of carbonyl (C=O) groups is 1. The number of carbonyl (C=O) groups excluding carboxylic acids is 1. The molecule has 3 rings (SSSR count). The van der Waals surface area contributed by atoms with Gasteiger partial charge < -0.3 is 10.6 Å². The van der Waals surface area contributed by atoms with Crippen molar-refractivity contribution in [2.75, 3.05) is 24.6 Å². The number of amides is 1. The van der Waals surface area contributed by atoms with E-state index in [0.717, 1.165) is 39.8 Å². The Labute approximate surface area is 141 Å². The number of nitrogens with two attached hydrogens (primary N) is 1. The highest BCUT2D eigenvalue weighted by molar-refractivity contribution is 9.10. The fourth-order valence-electron chi connectivity index (χ4n) is 2.54. The van der Waals surface area contributed by atoms with Gasteiger partial charge in [0.2, 0.25) is 0 Å². The Bertz CT molecular complexity index is 686. The van der Waals surface area contributed by atoms with Gasteiger partial charge in [-0.25, -0.2) is 0 Å². The van der Waals surface area contributed by atoms with Crippen LogP contribution in [0.5, 0.6) is 0 Å². The molecule has 1 aliphatic rings. The van der Waals surface area contributed by atoms with Crippen molar-refractivity contribution in [1.29, 1.82) is 0 Å². The van der Waals surface area contributed by atoms with Gasteiger partial charge in [-0.15, -0.1) is 11.3 Å². The fourth-order valence-corrected chi connectivity index (χ4v) is 5.15. The minimum Gasteiger partial charge on any atom is -0.397 e. The van der Waals surface area contributed by atoms with Gasteiger partial charge in [-0.3, -0.25) is 4.79 Å². The monoisotopic (exact) mass is 384 g/mol. The summed E-state index contributed by atoms with van der Waals surface area (Å²) in [6.45, 7) is 3.83. The van der Waals surface area contributed by atoms with E-state index in [4.69, 9.17) is 5.73 Å². The van der Waals surface area contributed by atoms with E-state index in [0.29, 0.717) is 15.8 Å². The molecule has 1 amide bonds. The molecule has 2 heterocycles.